The van der Waals surface area contributed by atoms with E-state index in [1.165, 1.54) is 7.11 Å². The molecule has 0 aliphatic rings. The van der Waals surface area contributed by atoms with E-state index in [9.17, 15) is 4.79 Å². The molecule has 4 N–H and O–H groups in total. The Bertz CT molecular complexity index is 382. The number of carbonyl (C=O) groups is 1. The van der Waals surface area contributed by atoms with Crippen LogP contribution >= 0.6 is 0 Å². The molecule has 1 atom stereocenters. The lowest BCUT2D eigenvalue weighted by Gasteiger charge is -2.13. The molecule has 2 amide bonds. The van der Waals surface area contributed by atoms with Crippen LogP contribution in [0.2, 0.25) is 0 Å². The summed E-state index contributed by atoms with van der Waals surface area (Å²) in [5.41, 5.74) is 0.623. The molecule has 1 unspecified atom stereocenters. The van der Waals surface area contributed by atoms with Gasteiger partial charge in [0.2, 0.25) is 5.96 Å². The third kappa shape index (κ3) is 4.94. The van der Waals surface area contributed by atoms with Gasteiger partial charge in [0, 0.05) is 13.3 Å². The van der Waals surface area contributed by atoms with Crippen molar-refractivity contribution in [2.24, 2.45) is 0 Å². The Morgan fingerprint density at radius 2 is 2.35 bits per heavy atom. The quantitative estimate of drug-likeness (QED) is 0.353. The maximum absolute atomic E-state index is 11.3. The summed E-state index contributed by atoms with van der Waals surface area (Å²) in [5, 5.41) is 15.0. The number of carbonyl (C=O) groups excluding carboxylic acids is 1. The topological polar surface area (TPSA) is 99.1 Å². The molecule has 0 radical (unpaired) electrons. The minimum absolute atomic E-state index is 0.140. The molecule has 1 aromatic rings. The zero-order valence-electron chi connectivity index (χ0n) is 9.65. The Hall–Kier alpha value is -2.15. The van der Waals surface area contributed by atoms with E-state index in [0.29, 0.717) is 5.69 Å². The van der Waals surface area contributed by atoms with Gasteiger partial charge in [0.15, 0.2) is 0 Å². The maximum Gasteiger partial charge on any atom is 0.323 e. The van der Waals surface area contributed by atoms with Crippen molar-refractivity contribution >= 4 is 17.7 Å². The maximum atomic E-state index is 11.3. The van der Waals surface area contributed by atoms with E-state index >= 15 is 0 Å². The SMILES string of the molecule is COC(C)NC(=O)NC(=N)Nc1cccnc1. The van der Waals surface area contributed by atoms with Crippen LogP contribution < -0.4 is 16.0 Å². The molecular formula is C10H15N5O2. The van der Waals surface area contributed by atoms with Crippen molar-refractivity contribution in [1.29, 1.82) is 5.41 Å². The molecule has 0 aliphatic carbocycles. The van der Waals surface area contributed by atoms with E-state index in [4.69, 9.17) is 10.1 Å². The summed E-state index contributed by atoms with van der Waals surface area (Å²) in [4.78, 5) is 15.2. The predicted octanol–water partition coefficient (Wildman–Crippen LogP) is 0.720. The van der Waals surface area contributed by atoms with E-state index in [2.05, 4.69) is 20.9 Å². The van der Waals surface area contributed by atoms with Crippen molar-refractivity contribution in [2.45, 2.75) is 13.2 Å². The summed E-state index contributed by atoms with van der Waals surface area (Å²) in [5.74, 6) is -0.140. The van der Waals surface area contributed by atoms with Gasteiger partial charge in [0.25, 0.3) is 0 Å². The number of hydrogen-bond donors (Lipinski definition) is 4. The first kappa shape index (κ1) is 12.9. The molecular weight excluding hydrogens is 222 g/mol. The van der Waals surface area contributed by atoms with Gasteiger partial charge in [-0.25, -0.2) is 4.79 Å². The molecule has 7 nitrogen and oxygen atoms in total. The number of guanidine groups is 1. The fourth-order valence-electron chi connectivity index (χ4n) is 1.01. The number of rotatable bonds is 3. The van der Waals surface area contributed by atoms with Crippen molar-refractivity contribution in [3.63, 3.8) is 0 Å². The third-order valence-corrected chi connectivity index (χ3v) is 1.86. The van der Waals surface area contributed by atoms with Crippen molar-refractivity contribution in [1.82, 2.24) is 15.6 Å². The van der Waals surface area contributed by atoms with Gasteiger partial charge >= 0.3 is 6.03 Å². The molecule has 0 aliphatic heterocycles. The monoisotopic (exact) mass is 237 g/mol. The lowest BCUT2D eigenvalue weighted by molar-refractivity contribution is 0.0969. The molecule has 1 rings (SSSR count). The van der Waals surface area contributed by atoms with Gasteiger partial charge in [-0.1, -0.05) is 0 Å². The van der Waals surface area contributed by atoms with E-state index < -0.39 is 12.3 Å². The molecule has 1 heterocycles. The minimum Gasteiger partial charge on any atom is -0.362 e. The van der Waals surface area contributed by atoms with Crippen LogP contribution in [0.15, 0.2) is 24.5 Å². The number of pyridine rings is 1. The van der Waals surface area contributed by atoms with Gasteiger partial charge in [-0.3, -0.25) is 15.7 Å². The van der Waals surface area contributed by atoms with E-state index in [1.54, 1.807) is 31.5 Å². The highest BCUT2D eigenvalue weighted by atomic mass is 16.5. The predicted molar refractivity (Wildman–Crippen MR) is 63.7 cm³/mol. The van der Waals surface area contributed by atoms with Crippen LogP contribution in [0.1, 0.15) is 6.92 Å². The largest absolute Gasteiger partial charge is 0.362 e. The summed E-state index contributed by atoms with van der Waals surface area (Å²) in [6.07, 6.45) is 2.75. The van der Waals surface area contributed by atoms with Crippen LogP contribution in [-0.2, 0) is 4.74 Å². The lowest BCUT2D eigenvalue weighted by Crippen LogP contribution is -2.45. The van der Waals surface area contributed by atoms with Gasteiger partial charge < -0.3 is 15.4 Å². The summed E-state index contributed by atoms with van der Waals surface area (Å²) in [7, 11) is 1.48. The molecule has 17 heavy (non-hydrogen) atoms. The number of amides is 2. The number of aromatic nitrogens is 1. The van der Waals surface area contributed by atoms with Gasteiger partial charge in [-0.15, -0.1) is 0 Å². The second-order valence-electron chi connectivity index (χ2n) is 3.22. The average Bonchev–Trinajstić information content (AvgIpc) is 2.29. The molecule has 7 heteroatoms. The number of nitrogens with one attached hydrogen (secondary N) is 4. The fourth-order valence-corrected chi connectivity index (χ4v) is 1.01. The normalized spacial score (nSPS) is 11.4. The zero-order valence-corrected chi connectivity index (χ0v) is 9.65. The van der Waals surface area contributed by atoms with Crippen molar-refractivity contribution in [3.8, 4) is 0 Å². The summed E-state index contributed by atoms with van der Waals surface area (Å²) < 4.78 is 4.85. The molecule has 0 saturated heterocycles. The molecule has 0 fully saturated rings. The second-order valence-corrected chi connectivity index (χ2v) is 3.22. The number of urea groups is 1. The second kappa shape index (κ2) is 6.44. The Balaban J connectivity index is 2.37. The highest BCUT2D eigenvalue weighted by Gasteiger charge is 2.07. The van der Waals surface area contributed by atoms with Crippen molar-refractivity contribution < 1.29 is 9.53 Å². The van der Waals surface area contributed by atoms with Crippen LogP contribution in [0.4, 0.5) is 10.5 Å². The number of anilines is 1. The first-order valence-electron chi connectivity index (χ1n) is 4.97. The van der Waals surface area contributed by atoms with Crippen molar-refractivity contribution in [3.05, 3.63) is 24.5 Å². The Morgan fingerprint density at radius 3 is 2.94 bits per heavy atom. The van der Waals surface area contributed by atoms with Crippen LogP contribution in [0, 0.1) is 5.41 Å². The van der Waals surface area contributed by atoms with Gasteiger partial charge in [-0.05, 0) is 19.1 Å². The van der Waals surface area contributed by atoms with Crippen LogP contribution in [0.25, 0.3) is 0 Å². The Labute approximate surface area is 99.1 Å². The van der Waals surface area contributed by atoms with Gasteiger partial charge in [-0.2, -0.15) is 0 Å². The molecule has 0 spiro atoms. The Morgan fingerprint density at radius 1 is 1.59 bits per heavy atom. The fraction of sp³-hybridized carbons (Fsp3) is 0.300. The van der Waals surface area contributed by atoms with Crippen LogP contribution in [-0.4, -0.2) is 30.3 Å². The van der Waals surface area contributed by atoms with E-state index in [-0.39, 0.29) is 5.96 Å². The van der Waals surface area contributed by atoms with Gasteiger partial charge in [0.1, 0.15) is 6.23 Å². The number of hydrogen-bond acceptors (Lipinski definition) is 4. The summed E-state index contributed by atoms with van der Waals surface area (Å²) in [6.45, 7) is 1.68. The first-order valence-corrected chi connectivity index (χ1v) is 4.97. The van der Waals surface area contributed by atoms with Gasteiger partial charge in [0.05, 0.1) is 11.9 Å². The average molecular weight is 237 g/mol. The molecule has 0 bridgehead atoms. The molecule has 0 aromatic carbocycles. The lowest BCUT2D eigenvalue weighted by atomic mass is 10.4. The summed E-state index contributed by atoms with van der Waals surface area (Å²) >= 11 is 0. The molecule has 92 valence electrons. The highest BCUT2D eigenvalue weighted by Crippen LogP contribution is 2.00. The Kier molecular flexibility index (Phi) is 4.89. The van der Waals surface area contributed by atoms with E-state index in [0.717, 1.165) is 0 Å². The number of nitrogens with zero attached hydrogens (tertiary/aromatic N) is 1. The highest BCUT2D eigenvalue weighted by molar-refractivity contribution is 6.01. The number of methoxy groups -OCH3 is 1. The number of ether oxygens (including phenoxy) is 1. The summed E-state index contributed by atoms with van der Waals surface area (Å²) in [6, 6.07) is 2.95. The zero-order chi connectivity index (χ0) is 12.7. The minimum atomic E-state index is -0.513. The first-order chi connectivity index (χ1) is 8.11. The van der Waals surface area contributed by atoms with E-state index in [1.807, 2.05) is 0 Å². The smallest absolute Gasteiger partial charge is 0.323 e. The standard InChI is InChI=1S/C10H15N5O2/c1-7(17-2)13-10(16)15-9(11)14-8-4-3-5-12-6-8/h3-7H,1-2H3,(H4,11,13,14,15,16). The van der Waals surface area contributed by atoms with Crippen LogP contribution in [0.5, 0.6) is 0 Å². The van der Waals surface area contributed by atoms with Crippen LogP contribution in [0.3, 0.4) is 0 Å². The molecule has 1 aromatic heterocycles. The third-order valence-electron chi connectivity index (χ3n) is 1.86. The van der Waals surface area contributed by atoms with Crippen molar-refractivity contribution in [2.75, 3.05) is 12.4 Å². The molecule has 0 saturated carbocycles.